The summed E-state index contributed by atoms with van der Waals surface area (Å²) < 4.78 is 29.8. The van der Waals surface area contributed by atoms with Crippen LogP contribution < -0.4 is 4.90 Å². The van der Waals surface area contributed by atoms with Crippen LogP contribution in [0.15, 0.2) is 50.1 Å². The van der Waals surface area contributed by atoms with Crippen molar-refractivity contribution in [2.75, 3.05) is 18.0 Å². The highest BCUT2D eigenvalue weighted by Gasteiger charge is 2.29. The van der Waals surface area contributed by atoms with Crippen molar-refractivity contribution in [1.29, 1.82) is 0 Å². The Bertz CT molecular complexity index is 1310. The predicted molar refractivity (Wildman–Crippen MR) is 116 cm³/mol. The van der Waals surface area contributed by atoms with Gasteiger partial charge in [-0.05, 0) is 54.5 Å². The number of halogens is 1. The van der Waals surface area contributed by atoms with E-state index in [1.54, 1.807) is 35.6 Å². The van der Waals surface area contributed by atoms with Gasteiger partial charge in [-0.25, -0.2) is 13.4 Å². The maximum atomic E-state index is 13.2. The van der Waals surface area contributed by atoms with E-state index in [2.05, 4.69) is 38.1 Å². The molecule has 1 aliphatic rings. The molecule has 0 aliphatic carbocycles. The molecule has 1 aromatic carbocycles. The van der Waals surface area contributed by atoms with Gasteiger partial charge in [0.15, 0.2) is 11.5 Å². The van der Waals surface area contributed by atoms with Gasteiger partial charge >= 0.3 is 0 Å². The zero-order valence-electron chi connectivity index (χ0n) is 15.6. The molecule has 1 fully saturated rings. The van der Waals surface area contributed by atoms with E-state index in [4.69, 9.17) is 4.98 Å². The largest absolute Gasteiger partial charge is 0.355 e. The van der Waals surface area contributed by atoms with E-state index in [1.165, 1.54) is 4.52 Å². The molecule has 0 unspecified atom stereocenters. The number of anilines is 1. The third-order valence-corrected chi connectivity index (χ3v) is 8.46. The molecule has 3 aromatic heterocycles. The molecule has 0 atom stereocenters. The molecule has 0 spiro atoms. The summed E-state index contributed by atoms with van der Waals surface area (Å²) in [5.41, 5.74) is 1.10. The van der Waals surface area contributed by atoms with E-state index < -0.39 is 9.84 Å². The van der Waals surface area contributed by atoms with Crippen molar-refractivity contribution in [3.63, 3.8) is 0 Å². The number of benzene rings is 1. The van der Waals surface area contributed by atoms with Crippen LogP contribution >= 0.6 is 27.3 Å². The van der Waals surface area contributed by atoms with Gasteiger partial charge in [0, 0.05) is 17.6 Å². The van der Waals surface area contributed by atoms with E-state index >= 15 is 0 Å². The van der Waals surface area contributed by atoms with Crippen molar-refractivity contribution in [3.05, 3.63) is 40.2 Å². The van der Waals surface area contributed by atoms with Crippen LogP contribution in [-0.4, -0.2) is 41.3 Å². The van der Waals surface area contributed by atoms with Crippen molar-refractivity contribution in [2.45, 2.75) is 29.7 Å². The molecule has 4 aromatic rings. The minimum absolute atomic E-state index is 0.112. The summed E-state index contributed by atoms with van der Waals surface area (Å²) in [6.07, 6.45) is 2.20. The van der Waals surface area contributed by atoms with Gasteiger partial charge in [-0.1, -0.05) is 28.1 Å². The second-order valence-corrected chi connectivity index (χ2v) is 11.0. The summed E-state index contributed by atoms with van der Waals surface area (Å²) in [6, 6.07) is 8.45. The minimum Gasteiger partial charge on any atom is -0.355 e. The van der Waals surface area contributed by atoms with Gasteiger partial charge in [0.1, 0.15) is 0 Å². The van der Waals surface area contributed by atoms with Crippen LogP contribution in [0, 0.1) is 5.92 Å². The Morgan fingerprint density at radius 2 is 1.86 bits per heavy atom. The Morgan fingerprint density at radius 1 is 1.14 bits per heavy atom. The van der Waals surface area contributed by atoms with Gasteiger partial charge < -0.3 is 4.90 Å². The quantitative estimate of drug-likeness (QED) is 0.427. The summed E-state index contributed by atoms with van der Waals surface area (Å²) in [7, 11) is -3.84. The monoisotopic (exact) mass is 491 g/mol. The fraction of sp³-hybridized carbons (Fsp3) is 0.316. The third kappa shape index (κ3) is 3.13. The SMILES string of the molecule is CC1CCN(c2nc3c(S(=O)(=O)c4ccc(Br)cc4)nnn3c3ccsc23)CC1. The average Bonchev–Trinajstić information content (AvgIpc) is 3.35. The highest BCUT2D eigenvalue weighted by molar-refractivity contribution is 9.10. The van der Waals surface area contributed by atoms with Crippen LogP contribution in [0.5, 0.6) is 0 Å². The molecular weight excluding hydrogens is 474 g/mol. The molecule has 29 heavy (non-hydrogen) atoms. The highest BCUT2D eigenvalue weighted by Crippen LogP contribution is 2.34. The second kappa shape index (κ2) is 7.03. The van der Waals surface area contributed by atoms with Crippen LogP contribution in [0.1, 0.15) is 19.8 Å². The second-order valence-electron chi connectivity index (χ2n) is 7.33. The lowest BCUT2D eigenvalue weighted by Gasteiger charge is -2.31. The van der Waals surface area contributed by atoms with Crippen LogP contribution in [0.2, 0.25) is 0 Å². The number of thiophene rings is 1. The summed E-state index contributed by atoms with van der Waals surface area (Å²) in [4.78, 5) is 7.20. The van der Waals surface area contributed by atoms with Crippen LogP contribution in [-0.2, 0) is 9.84 Å². The number of aromatic nitrogens is 4. The molecule has 10 heteroatoms. The summed E-state index contributed by atoms with van der Waals surface area (Å²) in [5.74, 6) is 1.52. The lowest BCUT2D eigenvalue weighted by Crippen LogP contribution is -2.33. The number of hydrogen-bond acceptors (Lipinski definition) is 7. The first kappa shape index (κ1) is 19.0. The Labute approximate surface area is 180 Å². The Balaban J connectivity index is 1.70. The Hall–Kier alpha value is -2.04. The molecule has 0 N–H and O–H groups in total. The Morgan fingerprint density at radius 3 is 2.59 bits per heavy atom. The van der Waals surface area contributed by atoms with E-state index in [9.17, 15) is 8.42 Å². The molecule has 7 nitrogen and oxygen atoms in total. The molecule has 0 radical (unpaired) electrons. The maximum absolute atomic E-state index is 13.2. The summed E-state index contributed by atoms with van der Waals surface area (Å²) >= 11 is 4.93. The van der Waals surface area contributed by atoms with Gasteiger partial charge in [-0.2, -0.15) is 4.52 Å². The first-order valence-corrected chi connectivity index (χ1v) is 12.5. The molecule has 1 saturated heterocycles. The molecule has 4 heterocycles. The highest BCUT2D eigenvalue weighted by atomic mass is 79.9. The number of rotatable bonds is 3. The standard InChI is InChI=1S/C19H18BrN5O2S2/c1-12-6-9-24(10-7-12)17-16-15(8-11-28-16)25-18(21-17)19(22-23-25)29(26,27)14-4-2-13(20)3-5-14/h2-5,8,11-12H,6-7,9-10H2,1H3. The molecule has 0 saturated carbocycles. The lowest BCUT2D eigenvalue weighted by molar-refractivity contribution is 0.437. The molecule has 0 bridgehead atoms. The zero-order valence-corrected chi connectivity index (χ0v) is 18.8. The fourth-order valence-corrected chi connectivity index (χ4v) is 6.03. The minimum atomic E-state index is -3.84. The summed E-state index contributed by atoms with van der Waals surface area (Å²) in [6.45, 7) is 4.08. The molecule has 0 amide bonds. The van der Waals surface area contributed by atoms with Crippen molar-refractivity contribution in [1.82, 2.24) is 19.8 Å². The normalized spacial score (nSPS) is 16.1. The van der Waals surface area contributed by atoms with E-state index in [0.29, 0.717) is 5.92 Å². The average molecular weight is 492 g/mol. The van der Waals surface area contributed by atoms with Gasteiger partial charge in [-0.3, -0.25) is 0 Å². The van der Waals surface area contributed by atoms with E-state index in [1.807, 2.05) is 11.4 Å². The molecular formula is C19H18BrN5O2S2. The topological polar surface area (TPSA) is 80.5 Å². The maximum Gasteiger partial charge on any atom is 0.229 e. The van der Waals surface area contributed by atoms with Gasteiger partial charge in [0.2, 0.25) is 14.9 Å². The van der Waals surface area contributed by atoms with Crippen molar-refractivity contribution >= 4 is 58.8 Å². The first-order valence-electron chi connectivity index (χ1n) is 9.33. The zero-order chi connectivity index (χ0) is 20.2. The lowest BCUT2D eigenvalue weighted by atomic mass is 9.99. The van der Waals surface area contributed by atoms with Crippen LogP contribution in [0.25, 0.3) is 15.9 Å². The van der Waals surface area contributed by atoms with E-state index in [-0.39, 0.29) is 15.6 Å². The predicted octanol–water partition coefficient (Wildman–Crippen LogP) is 4.17. The number of sulfone groups is 1. The number of piperidine rings is 1. The van der Waals surface area contributed by atoms with E-state index in [0.717, 1.165) is 46.4 Å². The fourth-order valence-electron chi connectivity index (χ4n) is 3.64. The van der Waals surface area contributed by atoms with Gasteiger partial charge in [0.25, 0.3) is 0 Å². The molecule has 5 rings (SSSR count). The number of hydrogen-bond donors (Lipinski definition) is 0. The van der Waals surface area contributed by atoms with Crippen LogP contribution in [0.3, 0.4) is 0 Å². The third-order valence-electron chi connectivity index (χ3n) is 5.37. The number of fused-ring (bicyclic) bond motifs is 3. The van der Waals surface area contributed by atoms with Crippen molar-refractivity contribution in [3.8, 4) is 0 Å². The van der Waals surface area contributed by atoms with Crippen LogP contribution in [0.4, 0.5) is 5.82 Å². The van der Waals surface area contributed by atoms with Crippen molar-refractivity contribution < 1.29 is 8.42 Å². The Kier molecular flexibility index (Phi) is 4.60. The van der Waals surface area contributed by atoms with Crippen molar-refractivity contribution in [2.24, 2.45) is 5.92 Å². The molecule has 1 aliphatic heterocycles. The van der Waals surface area contributed by atoms with Gasteiger partial charge in [0.05, 0.1) is 15.1 Å². The smallest absolute Gasteiger partial charge is 0.229 e. The summed E-state index contributed by atoms with van der Waals surface area (Å²) in [5, 5.41) is 10.0. The molecule has 150 valence electrons. The van der Waals surface area contributed by atoms with Gasteiger partial charge in [-0.15, -0.1) is 16.4 Å². The first-order chi connectivity index (χ1) is 13.9. The number of nitrogens with zero attached hydrogens (tertiary/aromatic N) is 5.